The maximum absolute atomic E-state index is 12.7. The van der Waals surface area contributed by atoms with Crippen molar-refractivity contribution in [2.75, 3.05) is 7.11 Å². The Kier molecular flexibility index (Phi) is 2.46. The van der Waals surface area contributed by atoms with Gasteiger partial charge in [-0.05, 0) is 12.8 Å². The van der Waals surface area contributed by atoms with Crippen LogP contribution in [-0.2, 0) is 4.74 Å². The minimum atomic E-state index is -0.705. The number of rotatable bonds is 1. The van der Waals surface area contributed by atoms with E-state index in [0.29, 0.717) is 6.42 Å². The number of hydrogen-bond donors (Lipinski definition) is 0. The molecule has 0 spiro atoms. The molecule has 1 fully saturated rings. The van der Waals surface area contributed by atoms with E-state index in [1.165, 1.54) is 0 Å². The van der Waals surface area contributed by atoms with E-state index in [-0.39, 0.29) is 6.10 Å². The minimum absolute atomic E-state index is 0.112. The molecule has 0 bridgehead atoms. The highest BCUT2D eigenvalue weighted by molar-refractivity contribution is 4.74. The zero-order chi connectivity index (χ0) is 6.69. The van der Waals surface area contributed by atoms with Gasteiger partial charge in [0.2, 0.25) is 0 Å². The highest BCUT2D eigenvalue weighted by Crippen LogP contribution is 2.22. The topological polar surface area (TPSA) is 9.23 Å². The highest BCUT2D eigenvalue weighted by Gasteiger charge is 2.23. The molecule has 1 nitrogen and oxygen atoms in total. The summed E-state index contributed by atoms with van der Waals surface area (Å²) in [5.41, 5.74) is 0. The molecule has 1 saturated carbocycles. The molecule has 0 heterocycles. The lowest BCUT2D eigenvalue weighted by Crippen LogP contribution is -2.27. The molecular formula is C7H13FO. The van der Waals surface area contributed by atoms with Gasteiger partial charge in [-0.25, -0.2) is 4.39 Å². The van der Waals surface area contributed by atoms with Crippen molar-refractivity contribution in [3.05, 3.63) is 0 Å². The SMILES string of the molecule is CO[C@@H]1CCCC[C@H]1F. The standard InChI is InChI=1S/C7H13FO/c1-9-7-5-3-2-4-6(7)8/h6-7H,2-5H2,1H3/t6-,7-/m1/s1. The van der Waals surface area contributed by atoms with Crippen LogP contribution >= 0.6 is 0 Å². The van der Waals surface area contributed by atoms with Gasteiger partial charge in [0.1, 0.15) is 6.17 Å². The Bertz CT molecular complexity index is 85.0. The van der Waals surface area contributed by atoms with Crippen molar-refractivity contribution >= 4 is 0 Å². The van der Waals surface area contributed by atoms with E-state index < -0.39 is 6.17 Å². The third-order valence-corrected chi connectivity index (χ3v) is 1.92. The predicted molar refractivity (Wildman–Crippen MR) is 34.2 cm³/mol. The first kappa shape index (κ1) is 7.00. The van der Waals surface area contributed by atoms with Gasteiger partial charge in [-0.3, -0.25) is 0 Å². The lowest BCUT2D eigenvalue weighted by molar-refractivity contribution is 0.00586. The van der Waals surface area contributed by atoms with Gasteiger partial charge in [0, 0.05) is 7.11 Å². The smallest absolute Gasteiger partial charge is 0.126 e. The van der Waals surface area contributed by atoms with Crippen molar-refractivity contribution in [1.29, 1.82) is 0 Å². The molecule has 1 rings (SSSR count). The van der Waals surface area contributed by atoms with E-state index in [9.17, 15) is 4.39 Å². The van der Waals surface area contributed by atoms with Gasteiger partial charge in [0.05, 0.1) is 6.10 Å². The van der Waals surface area contributed by atoms with Crippen molar-refractivity contribution < 1.29 is 9.13 Å². The maximum Gasteiger partial charge on any atom is 0.126 e. The van der Waals surface area contributed by atoms with Crippen LogP contribution in [0.2, 0.25) is 0 Å². The summed E-state index contributed by atoms with van der Waals surface area (Å²) in [7, 11) is 1.59. The molecule has 1 aliphatic carbocycles. The van der Waals surface area contributed by atoms with Crippen LogP contribution in [0, 0.1) is 0 Å². The Hall–Kier alpha value is -0.110. The van der Waals surface area contributed by atoms with Gasteiger partial charge < -0.3 is 4.74 Å². The lowest BCUT2D eigenvalue weighted by atomic mass is 9.96. The molecule has 54 valence electrons. The van der Waals surface area contributed by atoms with E-state index in [0.717, 1.165) is 19.3 Å². The summed E-state index contributed by atoms with van der Waals surface area (Å²) < 4.78 is 17.7. The van der Waals surface area contributed by atoms with E-state index in [2.05, 4.69) is 0 Å². The molecule has 0 aromatic heterocycles. The zero-order valence-corrected chi connectivity index (χ0v) is 5.77. The molecule has 0 unspecified atom stereocenters. The van der Waals surface area contributed by atoms with Crippen molar-refractivity contribution in [3.8, 4) is 0 Å². The number of hydrogen-bond acceptors (Lipinski definition) is 1. The molecule has 0 N–H and O–H groups in total. The summed E-state index contributed by atoms with van der Waals surface area (Å²) in [5, 5.41) is 0. The quantitative estimate of drug-likeness (QED) is 0.529. The fourth-order valence-corrected chi connectivity index (χ4v) is 1.32. The molecular weight excluding hydrogens is 119 g/mol. The summed E-state index contributed by atoms with van der Waals surface area (Å²) >= 11 is 0. The molecule has 2 atom stereocenters. The van der Waals surface area contributed by atoms with Gasteiger partial charge >= 0.3 is 0 Å². The molecule has 9 heavy (non-hydrogen) atoms. The second kappa shape index (κ2) is 3.16. The first-order valence-corrected chi connectivity index (χ1v) is 3.51. The summed E-state index contributed by atoms with van der Waals surface area (Å²) in [5.74, 6) is 0. The molecule has 1 aliphatic rings. The van der Waals surface area contributed by atoms with Crippen molar-refractivity contribution in [3.63, 3.8) is 0 Å². The fraction of sp³-hybridized carbons (Fsp3) is 1.00. The largest absolute Gasteiger partial charge is 0.378 e. The monoisotopic (exact) mass is 132 g/mol. The Morgan fingerprint density at radius 2 is 2.00 bits per heavy atom. The van der Waals surface area contributed by atoms with Crippen LogP contribution in [0.4, 0.5) is 4.39 Å². The number of methoxy groups -OCH3 is 1. The second-order valence-electron chi connectivity index (χ2n) is 2.57. The van der Waals surface area contributed by atoms with Crippen LogP contribution in [0.3, 0.4) is 0 Å². The van der Waals surface area contributed by atoms with Crippen LogP contribution < -0.4 is 0 Å². The molecule has 0 aromatic rings. The van der Waals surface area contributed by atoms with E-state index in [1.807, 2.05) is 0 Å². The zero-order valence-electron chi connectivity index (χ0n) is 5.77. The summed E-state index contributed by atoms with van der Waals surface area (Å²) in [6.45, 7) is 0. The molecule has 2 heteroatoms. The van der Waals surface area contributed by atoms with Crippen LogP contribution in [0.15, 0.2) is 0 Å². The van der Waals surface area contributed by atoms with Gasteiger partial charge in [0.15, 0.2) is 0 Å². The Morgan fingerprint density at radius 1 is 1.33 bits per heavy atom. The Balaban J connectivity index is 2.30. The number of alkyl halides is 1. The minimum Gasteiger partial charge on any atom is -0.378 e. The molecule has 0 radical (unpaired) electrons. The summed E-state index contributed by atoms with van der Waals surface area (Å²) in [6, 6.07) is 0. The maximum atomic E-state index is 12.7. The van der Waals surface area contributed by atoms with Crippen molar-refractivity contribution in [2.24, 2.45) is 0 Å². The van der Waals surface area contributed by atoms with Gasteiger partial charge in [0.25, 0.3) is 0 Å². The molecule has 0 aliphatic heterocycles. The average Bonchev–Trinajstić information content (AvgIpc) is 1.89. The molecule has 0 saturated heterocycles. The lowest BCUT2D eigenvalue weighted by Gasteiger charge is -2.23. The second-order valence-corrected chi connectivity index (χ2v) is 2.57. The average molecular weight is 132 g/mol. The van der Waals surface area contributed by atoms with Crippen LogP contribution in [0.1, 0.15) is 25.7 Å². The Labute approximate surface area is 55.2 Å². The third-order valence-electron chi connectivity index (χ3n) is 1.92. The predicted octanol–water partition coefficient (Wildman–Crippen LogP) is 1.91. The number of halogens is 1. The third kappa shape index (κ3) is 1.65. The number of ether oxygens (including phenoxy) is 1. The van der Waals surface area contributed by atoms with Crippen LogP contribution in [0.25, 0.3) is 0 Å². The van der Waals surface area contributed by atoms with Gasteiger partial charge in [-0.1, -0.05) is 12.8 Å². The van der Waals surface area contributed by atoms with Crippen molar-refractivity contribution in [1.82, 2.24) is 0 Å². The van der Waals surface area contributed by atoms with Crippen LogP contribution in [0.5, 0.6) is 0 Å². The van der Waals surface area contributed by atoms with Crippen molar-refractivity contribution in [2.45, 2.75) is 38.0 Å². The van der Waals surface area contributed by atoms with E-state index >= 15 is 0 Å². The van der Waals surface area contributed by atoms with Gasteiger partial charge in [-0.2, -0.15) is 0 Å². The highest BCUT2D eigenvalue weighted by atomic mass is 19.1. The van der Waals surface area contributed by atoms with Gasteiger partial charge in [-0.15, -0.1) is 0 Å². The normalized spacial score (nSPS) is 36.7. The summed E-state index contributed by atoms with van der Waals surface area (Å²) in [6.07, 6.45) is 2.93. The first-order chi connectivity index (χ1) is 4.34. The summed E-state index contributed by atoms with van der Waals surface area (Å²) in [4.78, 5) is 0. The van der Waals surface area contributed by atoms with Crippen LogP contribution in [-0.4, -0.2) is 19.4 Å². The first-order valence-electron chi connectivity index (χ1n) is 3.51. The fourth-order valence-electron chi connectivity index (χ4n) is 1.32. The van der Waals surface area contributed by atoms with E-state index in [4.69, 9.17) is 4.74 Å². The van der Waals surface area contributed by atoms with E-state index in [1.54, 1.807) is 7.11 Å². The Morgan fingerprint density at radius 3 is 2.44 bits per heavy atom. The molecule has 0 aromatic carbocycles. The molecule has 0 amide bonds.